The Bertz CT molecular complexity index is 424. The van der Waals surface area contributed by atoms with Crippen LogP contribution in [0.5, 0.6) is 0 Å². The van der Waals surface area contributed by atoms with E-state index in [0.29, 0.717) is 18.3 Å². The molecule has 1 aromatic carbocycles. The van der Waals surface area contributed by atoms with Crippen molar-refractivity contribution in [2.75, 3.05) is 0 Å². The summed E-state index contributed by atoms with van der Waals surface area (Å²) in [5, 5.41) is 7.76. The first-order valence-corrected chi connectivity index (χ1v) is 4.96. The molecule has 0 aliphatic carbocycles. The van der Waals surface area contributed by atoms with E-state index >= 15 is 0 Å². The summed E-state index contributed by atoms with van der Waals surface area (Å²) in [5.74, 6) is 1.10. The zero-order valence-electron chi connectivity index (χ0n) is 7.40. The number of rotatable bonds is 2. The van der Waals surface area contributed by atoms with Gasteiger partial charge < -0.3 is 10.2 Å². The van der Waals surface area contributed by atoms with Gasteiger partial charge in [-0.05, 0) is 24.3 Å². The fourth-order valence-corrected chi connectivity index (χ4v) is 1.33. The molecule has 1 aromatic heterocycles. The van der Waals surface area contributed by atoms with E-state index in [1.165, 1.54) is 0 Å². The summed E-state index contributed by atoms with van der Waals surface area (Å²) in [4.78, 5) is 0. The molecule has 0 unspecified atom stereocenters. The first kappa shape index (κ1) is 9.36. The number of quaternary nitrogens is 1. The summed E-state index contributed by atoms with van der Waals surface area (Å²) in [6.07, 6.45) is 0. The van der Waals surface area contributed by atoms with Gasteiger partial charge in [-0.3, -0.25) is 0 Å². The van der Waals surface area contributed by atoms with Gasteiger partial charge in [0.1, 0.15) is 0 Å². The minimum Gasteiger partial charge on any atom is -0.415 e. The SMILES string of the molecule is [NH3+]Cc1nnc(-c2ccc(Br)cc2)o1. The number of aromatic nitrogens is 2. The summed E-state index contributed by atoms with van der Waals surface area (Å²) < 4.78 is 6.38. The summed E-state index contributed by atoms with van der Waals surface area (Å²) in [6.45, 7) is 0.517. The Balaban J connectivity index is 2.34. The van der Waals surface area contributed by atoms with E-state index in [4.69, 9.17) is 4.42 Å². The van der Waals surface area contributed by atoms with Crippen LogP contribution in [0.15, 0.2) is 33.2 Å². The highest BCUT2D eigenvalue weighted by molar-refractivity contribution is 9.10. The van der Waals surface area contributed by atoms with Crippen molar-refractivity contribution < 1.29 is 10.2 Å². The van der Waals surface area contributed by atoms with Gasteiger partial charge in [-0.15, -0.1) is 10.2 Å². The predicted octanol–water partition coefficient (Wildman–Crippen LogP) is 1.24. The normalized spacial score (nSPS) is 10.4. The summed E-state index contributed by atoms with van der Waals surface area (Å²) in [7, 11) is 0. The first-order valence-electron chi connectivity index (χ1n) is 4.17. The fourth-order valence-electron chi connectivity index (χ4n) is 1.06. The number of benzene rings is 1. The molecule has 0 atom stereocenters. The largest absolute Gasteiger partial charge is 0.415 e. The van der Waals surface area contributed by atoms with Crippen molar-refractivity contribution in [3.63, 3.8) is 0 Å². The standard InChI is InChI=1S/C9H8BrN3O/c10-7-3-1-6(2-4-7)9-13-12-8(5-11)14-9/h1-4H,5,11H2/p+1. The molecule has 0 aliphatic rings. The molecule has 0 fully saturated rings. The Kier molecular flexibility index (Phi) is 2.60. The molecule has 4 nitrogen and oxygen atoms in total. The minimum atomic E-state index is 0.517. The quantitative estimate of drug-likeness (QED) is 0.877. The zero-order valence-corrected chi connectivity index (χ0v) is 8.99. The van der Waals surface area contributed by atoms with Crippen LogP contribution in [0.1, 0.15) is 5.89 Å². The van der Waals surface area contributed by atoms with Crippen molar-refractivity contribution in [1.82, 2.24) is 10.2 Å². The predicted molar refractivity (Wildman–Crippen MR) is 54.0 cm³/mol. The van der Waals surface area contributed by atoms with Crippen molar-refractivity contribution in [1.29, 1.82) is 0 Å². The molecule has 3 N–H and O–H groups in total. The van der Waals surface area contributed by atoms with Crippen molar-refractivity contribution in [2.24, 2.45) is 0 Å². The van der Waals surface area contributed by atoms with E-state index in [1.807, 2.05) is 24.3 Å². The van der Waals surface area contributed by atoms with Crippen molar-refractivity contribution in [3.8, 4) is 11.5 Å². The van der Waals surface area contributed by atoms with Gasteiger partial charge in [-0.2, -0.15) is 0 Å². The van der Waals surface area contributed by atoms with Gasteiger partial charge in [0.25, 0.3) is 5.89 Å². The van der Waals surface area contributed by atoms with Crippen LogP contribution in [0.3, 0.4) is 0 Å². The highest BCUT2D eigenvalue weighted by Gasteiger charge is 2.07. The molecule has 1 heterocycles. The number of nitrogens with zero attached hydrogens (tertiary/aromatic N) is 2. The maximum absolute atomic E-state index is 5.36. The molecular weight excluding hydrogens is 246 g/mol. The Morgan fingerprint density at radius 1 is 1.21 bits per heavy atom. The lowest BCUT2D eigenvalue weighted by molar-refractivity contribution is -0.391. The van der Waals surface area contributed by atoms with Gasteiger partial charge in [0.05, 0.1) is 0 Å². The molecule has 0 saturated carbocycles. The number of halogens is 1. The van der Waals surface area contributed by atoms with Crippen LogP contribution in [0.2, 0.25) is 0 Å². The van der Waals surface area contributed by atoms with E-state index in [-0.39, 0.29) is 0 Å². The Morgan fingerprint density at radius 3 is 2.50 bits per heavy atom. The van der Waals surface area contributed by atoms with E-state index in [2.05, 4.69) is 31.9 Å². The molecule has 2 aromatic rings. The van der Waals surface area contributed by atoms with Gasteiger partial charge in [-0.25, -0.2) is 0 Å². The molecule has 0 spiro atoms. The van der Waals surface area contributed by atoms with Gasteiger partial charge in [0.15, 0.2) is 6.54 Å². The molecule has 0 bridgehead atoms. The molecule has 5 heteroatoms. The second-order valence-electron chi connectivity index (χ2n) is 2.76. The molecule has 0 saturated heterocycles. The maximum Gasteiger partial charge on any atom is 0.271 e. The molecule has 0 amide bonds. The fraction of sp³-hybridized carbons (Fsp3) is 0.111. The lowest BCUT2D eigenvalue weighted by Gasteiger charge is -1.93. The highest BCUT2D eigenvalue weighted by Crippen LogP contribution is 2.19. The van der Waals surface area contributed by atoms with Crippen molar-refractivity contribution >= 4 is 15.9 Å². The lowest BCUT2D eigenvalue weighted by atomic mass is 10.2. The van der Waals surface area contributed by atoms with Crippen LogP contribution in [-0.4, -0.2) is 10.2 Å². The van der Waals surface area contributed by atoms with E-state index in [0.717, 1.165) is 10.0 Å². The van der Waals surface area contributed by atoms with Crippen molar-refractivity contribution in [2.45, 2.75) is 6.54 Å². The molecule has 2 rings (SSSR count). The van der Waals surface area contributed by atoms with Crippen LogP contribution in [0.25, 0.3) is 11.5 Å². The average Bonchev–Trinajstić information content (AvgIpc) is 2.67. The van der Waals surface area contributed by atoms with E-state index in [9.17, 15) is 0 Å². The van der Waals surface area contributed by atoms with Crippen LogP contribution in [0, 0.1) is 0 Å². The van der Waals surface area contributed by atoms with Gasteiger partial charge in [-0.1, -0.05) is 15.9 Å². The lowest BCUT2D eigenvalue weighted by Crippen LogP contribution is -2.47. The second kappa shape index (κ2) is 3.89. The minimum absolute atomic E-state index is 0.517. The maximum atomic E-state index is 5.36. The Morgan fingerprint density at radius 2 is 1.93 bits per heavy atom. The Hall–Kier alpha value is -1.20. The third kappa shape index (κ3) is 1.83. The zero-order chi connectivity index (χ0) is 9.97. The molecule has 0 aliphatic heterocycles. The van der Waals surface area contributed by atoms with E-state index < -0.39 is 0 Å². The second-order valence-corrected chi connectivity index (χ2v) is 3.67. The van der Waals surface area contributed by atoms with Crippen LogP contribution in [0.4, 0.5) is 0 Å². The highest BCUT2D eigenvalue weighted by atomic mass is 79.9. The van der Waals surface area contributed by atoms with E-state index in [1.54, 1.807) is 0 Å². The van der Waals surface area contributed by atoms with Crippen LogP contribution in [-0.2, 0) is 6.54 Å². The first-order chi connectivity index (χ1) is 6.79. The number of hydrogen-bond acceptors (Lipinski definition) is 3. The Labute approximate surface area is 89.3 Å². The molecule has 14 heavy (non-hydrogen) atoms. The van der Waals surface area contributed by atoms with Gasteiger partial charge in [0, 0.05) is 10.0 Å². The van der Waals surface area contributed by atoms with Gasteiger partial charge >= 0.3 is 0 Å². The molecule has 0 radical (unpaired) electrons. The smallest absolute Gasteiger partial charge is 0.271 e. The summed E-state index contributed by atoms with van der Waals surface area (Å²) in [5.41, 5.74) is 4.59. The third-order valence-electron chi connectivity index (χ3n) is 1.77. The van der Waals surface area contributed by atoms with Gasteiger partial charge in [0.2, 0.25) is 5.89 Å². The summed E-state index contributed by atoms with van der Waals surface area (Å²) >= 11 is 3.36. The summed E-state index contributed by atoms with van der Waals surface area (Å²) in [6, 6.07) is 7.71. The molecule has 72 valence electrons. The monoisotopic (exact) mass is 254 g/mol. The average molecular weight is 255 g/mol. The third-order valence-corrected chi connectivity index (χ3v) is 2.30. The van der Waals surface area contributed by atoms with Crippen LogP contribution < -0.4 is 5.73 Å². The molecular formula is C9H9BrN3O+. The van der Waals surface area contributed by atoms with Crippen LogP contribution >= 0.6 is 15.9 Å². The topological polar surface area (TPSA) is 66.6 Å². The van der Waals surface area contributed by atoms with Crippen molar-refractivity contribution in [3.05, 3.63) is 34.6 Å². The number of hydrogen-bond donors (Lipinski definition) is 1.